The second-order valence-electron chi connectivity index (χ2n) is 11.0. The molecule has 272 valence electrons. The van der Waals surface area contributed by atoms with E-state index < -0.39 is 97.3 Å². The summed E-state index contributed by atoms with van der Waals surface area (Å²) in [4.78, 5) is 88.8. The molecule has 6 amide bonds. The number of amides is 6. The van der Waals surface area contributed by atoms with Crippen molar-refractivity contribution in [3.8, 4) is 5.75 Å². The number of aliphatic hydroxyl groups is 2. The number of carboxylic acid groups (broad SMARTS) is 1. The number of phenolic OH excluding ortho intramolecular Hbond substituents is 1. The molecule has 0 saturated heterocycles. The summed E-state index contributed by atoms with van der Waals surface area (Å²) in [7, 11) is 0. The van der Waals surface area contributed by atoms with Crippen LogP contribution in [0.3, 0.4) is 0 Å². The zero-order chi connectivity index (χ0) is 37.4. The number of hydrogen-bond acceptors (Lipinski definition) is 12. The summed E-state index contributed by atoms with van der Waals surface area (Å²) in [6.45, 7) is -1.75. The van der Waals surface area contributed by atoms with Gasteiger partial charge in [-0.2, -0.15) is 12.6 Å². The van der Waals surface area contributed by atoms with Gasteiger partial charge in [-0.25, -0.2) is 4.79 Å². The van der Waals surface area contributed by atoms with E-state index in [1.807, 2.05) is 0 Å². The molecule has 18 nitrogen and oxygen atoms in total. The number of thiol groups is 1. The Morgan fingerprint density at radius 1 is 0.620 bits per heavy atom. The molecule has 13 N–H and O–H groups in total. The molecule has 2 rings (SSSR count). The van der Waals surface area contributed by atoms with Crippen molar-refractivity contribution in [3.63, 3.8) is 0 Å². The number of rotatable bonds is 20. The van der Waals surface area contributed by atoms with Gasteiger partial charge in [0.25, 0.3) is 0 Å². The molecule has 0 saturated carbocycles. The summed E-state index contributed by atoms with van der Waals surface area (Å²) >= 11 is 3.91. The monoisotopic (exact) mass is 719 g/mol. The van der Waals surface area contributed by atoms with Gasteiger partial charge in [-0.15, -0.1) is 0 Å². The molecule has 2 aromatic rings. The quantitative estimate of drug-likeness (QED) is 0.0580. The first kappa shape index (κ1) is 40.9. The summed E-state index contributed by atoms with van der Waals surface area (Å²) < 4.78 is 0. The number of aliphatic hydroxyl groups excluding tert-OH is 2. The van der Waals surface area contributed by atoms with Crippen LogP contribution in [0.15, 0.2) is 54.6 Å². The Kier molecular flexibility index (Phi) is 16.6. The van der Waals surface area contributed by atoms with Crippen LogP contribution in [0.1, 0.15) is 17.5 Å². The fraction of sp³-hybridized carbons (Fsp3) is 0.387. The standard InChI is InChI=1S/C31H41N7O11S/c32-19(13-39)26(43)34-20(10-16-4-2-1-3-5-16)27(44)36-22(12-25(33)42)29(46)37-23(14-40)30(47)35-21(11-17-6-8-18(41)9-7-17)28(45)38-24(15-50)31(48)49/h1-9,19-24,39-41,50H,10-15,32H2,(H2,33,42)(H,34,43)(H,35,47)(H,36,44)(H,37,46)(H,38,45)(H,48,49)/t19-,20-,21-,22-,23-,24-/m0/s1. The summed E-state index contributed by atoms with van der Waals surface area (Å²) in [6, 6.07) is 4.85. The molecule has 50 heavy (non-hydrogen) atoms. The number of carbonyl (C=O) groups excluding carboxylic acids is 6. The van der Waals surface area contributed by atoms with E-state index in [-0.39, 0.29) is 24.3 Å². The number of primary amides is 1. The zero-order valence-electron chi connectivity index (χ0n) is 26.7. The number of aliphatic carboxylic acids is 1. The first-order valence-corrected chi connectivity index (χ1v) is 15.7. The van der Waals surface area contributed by atoms with Crippen LogP contribution in [0.2, 0.25) is 0 Å². The van der Waals surface area contributed by atoms with Crippen LogP contribution in [0.25, 0.3) is 0 Å². The molecule has 0 spiro atoms. The van der Waals surface area contributed by atoms with Crippen LogP contribution >= 0.6 is 12.6 Å². The normalized spacial score (nSPS) is 14.4. The Balaban J connectivity index is 2.27. The number of nitrogens with one attached hydrogen (secondary N) is 5. The maximum absolute atomic E-state index is 13.4. The molecule has 0 aromatic heterocycles. The minimum atomic E-state index is -1.76. The van der Waals surface area contributed by atoms with E-state index >= 15 is 0 Å². The predicted octanol–water partition coefficient (Wildman–Crippen LogP) is -4.20. The van der Waals surface area contributed by atoms with Gasteiger partial charge in [-0.05, 0) is 23.3 Å². The Bertz CT molecular complexity index is 1500. The number of hydrogen-bond donors (Lipinski definition) is 12. The van der Waals surface area contributed by atoms with E-state index in [2.05, 4.69) is 39.2 Å². The highest BCUT2D eigenvalue weighted by Crippen LogP contribution is 2.12. The van der Waals surface area contributed by atoms with Gasteiger partial charge in [-0.1, -0.05) is 42.5 Å². The molecule has 0 bridgehead atoms. The van der Waals surface area contributed by atoms with Crippen LogP contribution in [0.4, 0.5) is 0 Å². The smallest absolute Gasteiger partial charge is 0.327 e. The predicted molar refractivity (Wildman–Crippen MR) is 179 cm³/mol. The molecule has 6 atom stereocenters. The van der Waals surface area contributed by atoms with Crippen molar-refractivity contribution in [2.75, 3.05) is 19.0 Å². The van der Waals surface area contributed by atoms with Crippen LogP contribution in [0, 0.1) is 0 Å². The minimum Gasteiger partial charge on any atom is -0.508 e. The first-order chi connectivity index (χ1) is 23.7. The number of aromatic hydroxyl groups is 1. The van der Waals surface area contributed by atoms with Crippen molar-refractivity contribution in [1.29, 1.82) is 0 Å². The average Bonchev–Trinajstić information content (AvgIpc) is 3.08. The van der Waals surface area contributed by atoms with Gasteiger partial charge < -0.3 is 58.5 Å². The molecule has 19 heteroatoms. The number of carbonyl (C=O) groups is 7. The van der Waals surface area contributed by atoms with Crippen molar-refractivity contribution >= 4 is 54.0 Å². The second kappa shape index (κ2) is 20.3. The second-order valence-corrected chi connectivity index (χ2v) is 11.4. The van der Waals surface area contributed by atoms with Crippen molar-refractivity contribution in [1.82, 2.24) is 26.6 Å². The molecule has 0 aliphatic rings. The Hall–Kier alpha value is -5.24. The highest BCUT2D eigenvalue weighted by atomic mass is 32.1. The summed E-state index contributed by atoms with van der Waals surface area (Å²) in [5.41, 5.74) is 11.9. The summed E-state index contributed by atoms with van der Waals surface area (Å²) in [5.74, 6) is -7.83. The molecular formula is C31H41N7O11S. The fourth-order valence-electron chi connectivity index (χ4n) is 4.38. The Morgan fingerprint density at radius 2 is 1.06 bits per heavy atom. The highest BCUT2D eigenvalue weighted by molar-refractivity contribution is 7.80. The van der Waals surface area contributed by atoms with Crippen molar-refractivity contribution in [3.05, 3.63) is 65.7 Å². The lowest BCUT2D eigenvalue weighted by molar-refractivity contribution is -0.141. The van der Waals surface area contributed by atoms with E-state index in [4.69, 9.17) is 11.5 Å². The van der Waals surface area contributed by atoms with E-state index in [1.165, 1.54) is 24.3 Å². The van der Waals surface area contributed by atoms with Crippen LogP contribution in [-0.2, 0) is 46.4 Å². The van der Waals surface area contributed by atoms with E-state index in [0.717, 1.165) is 0 Å². The van der Waals surface area contributed by atoms with Gasteiger partial charge in [0.2, 0.25) is 35.4 Å². The zero-order valence-corrected chi connectivity index (χ0v) is 27.5. The molecule has 0 aliphatic carbocycles. The van der Waals surface area contributed by atoms with Gasteiger partial charge in [-0.3, -0.25) is 28.8 Å². The van der Waals surface area contributed by atoms with Crippen molar-refractivity contribution < 1.29 is 54.0 Å². The van der Waals surface area contributed by atoms with E-state index in [1.54, 1.807) is 30.3 Å². The molecule has 0 fully saturated rings. The third kappa shape index (κ3) is 13.3. The minimum absolute atomic E-state index is 0.0806. The molecule has 0 aliphatic heterocycles. The molecule has 2 aromatic carbocycles. The number of benzene rings is 2. The Morgan fingerprint density at radius 3 is 1.54 bits per heavy atom. The topological polar surface area (TPSA) is 313 Å². The molecule has 0 unspecified atom stereocenters. The van der Waals surface area contributed by atoms with Crippen LogP contribution < -0.4 is 38.1 Å². The third-order valence-corrected chi connectivity index (χ3v) is 7.47. The highest BCUT2D eigenvalue weighted by Gasteiger charge is 2.33. The third-order valence-electron chi connectivity index (χ3n) is 7.11. The lowest BCUT2D eigenvalue weighted by Gasteiger charge is -2.26. The maximum Gasteiger partial charge on any atom is 0.327 e. The Labute approximate surface area is 291 Å². The number of nitrogens with two attached hydrogens (primary N) is 2. The first-order valence-electron chi connectivity index (χ1n) is 15.1. The summed E-state index contributed by atoms with van der Waals surface area (Å²) in [5, 5.41) is 49.6. The maximum atomic E-state index is 13.4. The number of phenols is 1. The SMILES string of the molecule is NC(=O)C[C@H](NC(=O)[C@H](Cc1ccccc1)NC(=O)[C@@H](N)CO)C(=O)N[C@@H](CO)C(=O)N[C@@H](Cc1ccc(O)cc1)C(=O)N[C@@H](CS)C(=O)O. The lowest BCUT2D eigenvalue weighted by Crippen LogP contribution is -2.61. The van der Waals surface area contributed by atoms with Crippen molar-refractivity contribution in [2.24, 2.45) is 11.5 Å². The fourth-order valence-corrected chi connectivity index (χ4v) is 4.62. The number of carboxylic acids is 1. The molecule has 0 heterocycles. The van der Waals surface area contributed by atoms with Gasteiger partial charge in [0.05, 0.1) is 19.6 Å². The average molecular weight is 720 g/mol. The molecule has 0 radical (unpaired) electrons. The van der Waals surface area contributed by atoms with E-state index in [0.29, 0.717) is 11.1 Å². The largest absolute Gasteiger partial charge is 0.508 e. The van der Waals surface area contributed by atoms with Gasteiger partial charge in [0, 0.05) is 18.6 Å². The van der Waals surface area contributed by atoms with Crippen molar-refractivity contribution in [2.45, 2.75) is 55.5 Å². The van der Waals surface area contributed by atoms with E-state index in [9.17, 15) is 54.0 Å². The lowest BCUT2D eigenvalue weighted by atomic mass is 10.0. The van der Waals surface area contributed by atoms with Gasteiger partial charge in [0.1, 0.15) is 42.0 Å². The summed E-state index contributed by atoms with van der Waals surface area (Å²) in [6.07, 6.45) is -1.08. The van der Waals surface area contributed by atoms with Crippen LogP contribution in [-0.4, -0.2) is 117 Å². The molecular weight excluding hydrogens is 678 g/mol. The van der Waals surface area contributed by atoms with Gasteiger partial charge in [0.15, 0.2) is 0 Å². The van der Waals surface area contributed by atoms with Gasteiger partial charge >= 0.3 is 5.97 Å². The van der Waals surface area contributed by atoms with Crippen LogP contribution in [0.5, 0.6) is 5.75 Å².